The van der Waals surface area contributed by atoms with Crippen LogP contribution in [0, 0.1) is 0 Å². The second-order valence-corrected chi connectivity index (χ2v) is 13.1. The third-order valence-corrected chi connectivity index (χ3v) is 9.81. The van der Waals surface area contributed by atoms with Gasteiger partial charge in [0.2, 0.25) is 17.7 Å². The fourth-order valence-corrected chi connectivity index (χ4v) is 7.07. The van der Waals surface area contributed by atoms with Gasteiger partial charge < -0.3 is 26.0 Å². The highest BCUT2D eigenvalue weighted by atomic mass is 35.5. The molecule has 2 aliphatic rings. The average Bonchev–Trinajstić information content (AvgIpc) is 3.84. The Bertz CT molecular complexity index is 2030. The first kappa shape index (κ1) is 33.0. The average molecular weight is 700 g/mol. The number of hydrogen-bond acceptors (Lipinski definition) is 8. The molecule has 2 fully saturated rings. The maximum Gasteiger partial charge on any atom is 0.220 e. The van der Waals surface area contributed by atoms with Gasteiger partial charge in [-0.3, -0.25) is 9.59 Å². The molecule has 2 aliphatic heterocycles. The van der Waals surface area contributed by atoms with E-state index in [0.29, 0.717) is 66.3 Å². The molecule has 5 aromatic rings. The van der Waals surface area contributed by atoms with Crippen molar-refractivity contribution in [3.63, 3.8) is 0 Å². The molecule has 2 atom stereocenters. The lowest BCUT2D eigenvalue weighted by molar-refractivity contribution is -0.120. The van der Waals surface area contributed by atoms with Crippen molar-refractivity contribution in [2.75, 3.05) is 20.2 Å². The van der Waals surface area contributed by atoms with E-state index >= 15 is 0 Å². The summed E-state index contributed by atoms with van der Waals surface area (Å²) in [4.78, 5) is 32.8. The number of ether oxygens (including phenoxy) is 1. The van der Waals surface area contributed by atoms with Crippen molar-refractivity contribution in [1.29, 1.82) is 0 Å². The first-order chi connectivity index (χ1) is 23.9. The van der Waals surface area contributed by atoms with Crippen LogP contribution in [0.2, 0.25) is 10.0 Å². The molecule has 0 saturated carbocycles. The smallest absolute Gasteiger partial charge is 0.220 e. The highest BCUT2D eigenvalue weighted by molar-refractivity contribution is 6.39. The van der Waals surface area contributed by atoms with Crippen molar-refractivity contribution in [2.24, 2.45) is 0 Å². The summed E-state index contributed by atoms with van der Waals surface area (Å²) >= 11 is 14.2. The zero-order chi connectivity index (χ0) is 33.9. The first-order valence-corrected chi connectivity index (χ1v) is 17.1. The Morgan fingerprint density at radius 2 is 1.35 bits per heavy atom. The predicted molar refractivity (Wildman–Crippen MR) is 189 cm³/mol. The molecule has 0 bridgehead atoms. The number of nitrogens with zero attached hydrogens (tertiary/aromatic N) is 4. The van der Waals surface area contributed by atoms with Crippen molar-refractivity contribution in [1.82, 2.24) is 40.8 Å². The Morgan fingerprint density at radius 3 is 1.92 bits per heavy atom. The lowest BCUT2D eigenvalue weighted by atomic mass is 9.98. The summed E-state index contributed by atoms with van der Waals surface area (Å²) in [5.41, 5.74) is 7.02. The number of fused-ring (bicyclic) bond motifs is 1. The van der Waals surface area contributed by atoms with Gasteiger partial charge in [-0.25, -0.2) is 14.5 Å². The quantitative estimate of drug-likeness (QED) is 0.140. The SMILES string of the molecule is COc1nc(-c2cccc(-c3cccc(-c4ccn5ncc(CNC[C@@H]6CCC(=O)N6)c5n4)c3Cl)c2Cl)ccc1CNC[C@@H]1CCC(=O)N1. The summed E-state index contributed by atoms with van der Waals surface area (Å²) in [5.74, 6) is 0.704. The minimum atomic E-state index is 0.0990. The monoisotopic (exact) mass is 698 g/mol. The van der Waals surface area contributed by atoms with E-state index < -0.39 is 0 Å². The van der Waals surface area contributed by atoms with Crippen LogP contribution in [0.4, 0.5) is 0 Å². The van der Waals surface area contributed by atoms with Crippen LogP contribution in [0.5, 0.6) is 5.88 Å². The summed E-state index contributed by atoms with van der Waals surface area (Å²) in [6.07, 6.45) is 6.50. The molecule has 5 heterocycles. The number of pyridine rings is 1. The van der Waals surface area contributed by atoms with Crippen LogP contribution in [0.25, 0.3) is 39.3 Å². The van der Waals surface area contributed by atoms with E-state index in [4.69, 9.17) is 37.9 Å². The minimum absolute atomic E-state index is 0.0990. The number of hydrogen-bond donors (Lipinski definition) is 4. The third-order valence-electron chi connectivity index (χ3n) is 9.00. The molecule has 7 rings (SSSR count). The molecule has 0 spiro atoms. The van der Waals surface area contributed by atoms with Gasteiger partial charge in [-0.15, -0.1) is 0 Å². The first-order valence-electron chi connectivity index (χ1n) is 16.3. The van der Waals surface area contributed by atoms with E-state index in [1.54, 1.807) is 17.8 Å². The van der Waals surface area contributed by atoms with E-state index in [9.17, 15) is 9.59 Å². The molecule has 2 aromatic carbocycles. The number of rotatable bonds is 12. The highest BCUT2D eigenvalue weighted by Gasteiger charge is 2.22. The molecule has 0 aliphatic carbocycles. The molecule has 2 amide bonds. The second kappa shape index (κ2) is 14.5. The van der Waals surface area contributed by atoms with E-state index in [2.05, 4.69) is 26.4 Å². The summed E-state index contributed by atoms with van der Waals surface area (Å²) < 4.78 is 7.39. The van der Waals surface area contributed by atoms with Crippen molar-refractivity contribution >= 4 is 40.7 Å². The predicted octanol–water partition coefficient (Wildman–Crippen LogP) is 5.18. The molecule has 0 unspecified atom stereocenters. The zero-order valence-corrected chi connectivity index (χ0v) is 28.4. The maximum atomic E-state index is 11.5. The number of aromatic nitrogens is 4. The van der Waals surface area contributed by atoms with Gasteiger partial charge in [-0.1, -0.05) is 65.7 Å². The van der Waals surface area contributed by atoms with Gasteiger partial charge in [0.25, 0.3) is 0 Å². The third kappa shape index (κ3) is 7.11. The molecular weight excluding hydrogens is 663 g/mol. The van der Waals surface area contributed by atoms with Gasteiger partial charge in [0.05, 0.1) is 34.7 Å². The van der Waals surface area contributed by atoms with Crippen LogP contribution >= 0.6 is 23.2 Å². The van der Waals surface area contributed by atoms with Crippen LogP contribution < -0.4 is 26.0 Å². The van der Waals surface area contributed by atoms with Gasteiger partial charge in [0, 0.05) is 90.7 Å². The van der Waals surface area contributed by atoms with Gasteiger partial charge in [0.1, 0.15) is 0 Å². The zero-order valence-electron chi connectivity index (χ0n) is 26.9. The standard InChI is InChI=1S/C36H36Cl2N8O3/c1-49-36-21(16-39-19-23-9-12-31(47)42-23)8-11-29(45-36)27-6-2-4-25(33(27)37)26-5-3-7-28(34(26)38)30-14-15-46-35(44-30)22(18-41-46)17-40-20-24-10-13-32(48)43-24/h2-8,11,14-15,18,23-24,39-40H,9-10,12-13,16-17,19-20H2,1H3,(H,42,47)(H,43,48)/t23-,24-/m0/s1. The normalized spacial score (nSPS) is 17.4. The molecule has 252 valence electrons. The number of halogens is 2. The summed E-state index contributed by atoms with van der Waals surface area (Å²) in [6.45, 7) is 2.48. The van der Waals surface area contributed by atoms with Gasteiger partial charge in [-0.05, 0) is 25.0 Å². The van der Waals surface area contributed by atoms with Crippen molar-refractivity contribution in [3.05, 3.63) is 88.2 Å². The van der Waals surface area contributed by atoms with Crippen molar-refractivity contribution in [3.8, 4) is 39.5 Å². The Balaban J connectivity index is 1.11. The Morgan fingerprint density at radius 1 is 0.776 bits per heavy atom. The Labute approximate surface area is 293 Å². The van der Waals surface area contributed by atoms with Crippen LogP contribution in [-0.2, 0) is 22.7 Å². The largest absolute Gasteiger partial charge is 0.481 e. The number of benzene rings is 2. The van der Waals surface area contributed by atoms with Crippen LogP contribution in [0.3, 0.4) is 0 Å². The summed E-state index contributed by atoms with van der Waals surface area (Å²) in [7, 11) is 1.60. The van der Waals surface area contributed by atoms with Crippen LogP contribution in [0.1, 0.15) is 36.8 Å². The molecule has 4 N–H and O–H groups in total. The van der Waals surface area contributed by atoms with E-state index in [0.717, 1.165) is 51.9 Å². The van der Waals surface area contributed by atoms with E-state index in [-0.39, 0.29) is 23.9 Å². The molecule has 0 radical (unpaired) electrons. The number of carbonyl (C=O) groups excluding carboxylic acids is 2. The molecule has 49 heavy (non-hydrogen) atoms. The molecular formula is C36H36Cl2N8O3. The fraction of sp³-hybridized carbons (Fsp3) is 0.306. The number of nitrogens with one attached hydrogen (secondary N) is 4. The second-order valence-electron chi connectivity index (χ2n) is 12.3. The molecule has 11 nitrogen and oxygen atoms in total. The summed E-state index contributed by atoms with van der Waals surface area (Å²) in [6, 6.07) is 17.7. The van der Waals surface area contributed by atoms with Gasteiger partial charge in [0.15, 0.2) is 5.65 Å². The van der Waals surface area contributed by atoms with E-state index in [1.165, 1.54) is 0 Å². The molecule has 3 aromatic heterocycles. The number of amides is 2. The van der Waals surface area contributed by atoms with E-state index in [1.807, 2.05) is 60.8 Å². The van der Waals surface area contributed by atoms with Gasteiger partial charge in [-0.2, -0.15) is 5.10 Å². The lowest BCUT2D eigenvalue weighted by Crippen LogP contribution is -2.35. The fourth-order valence-electron chi connectivity index (χ4n) is 6.42. The summed E-state index contributed by atoms with van der Waals surface area (Å²) in [5, 5.41) is 18.3. The minimum Gasteiger partial charge on any atom is -0.481 e. The van der Waals surface area contributed by atoms with Crippen LogP contribution in [0.15, 0.2) is 67.0 Å². The topological polar surface area (TPSA) is 135 Å². The lowest BCUT2D eigenvalue weighted by Gasteiger charge is -2.15. The maximum absolute atomic E-state index is 11.5. The Hall–Kier alpha value is -4.55. The van der Waals surface area contributed by atoms with Gasteiger partial charge >= 0.3 is 0 Å². The molecule has 13 heteroatoms. The number of carbonyl (C=O) groups is 2. The van der Waals surface area contributed by atoms with Crippen molar-refractivity contribution in [2.45, 2.75) is 50.9 Å². The Kier molecular flexibility index (Phi) is 9.77. The van der Waals surface area contributed by atoms with Crippen molar-refractivity contribution < 1.29 is 14.3 Å². The highest BCUT2D eigenvalue weighted by Crippen LogP contribution is 2.42. The van der Waals surface area contributed by atoms with Crippen LogP contribution in [-0.4, -0.2) is 63.7 Å². The molecule has 2 saturated heterocycles. The number of methoxy groups -OCH3 is 1.